The van der Waals surface area contributed by atoms with Gasteiger partial charge in [0.05, 0.1) is 28.8 Å². The van der Waals surface area contributed by atoms with Crippen LogP contribution in [-0.4, -0.2) is 30.1 Å². The molecule has 9 heteroatoms. The Hall–Kier alpha value is -1.96. The van der Waals surface area contributed by atoms with Crippen molar-refractivity contribution in [3.63, 3.8) is 0 Å². The number of amides is 2. The monoisotopic (exact) mass is 425 g/mol. The van der Waals surface area contributed by atoms with Crippen LogP contribution in [-0.2, 0) is 17.7 Å². The molecule has 142 valence electrons. The van der Waals surface area contributed by atoms with E-state index in [1.165, 1.54) is 11.3 Å². The Morgan fingerprint density at radius 1 is 1.37 bits per heavy atom. The molecular weight excluding hydrogens is 409 g/mol. The summed E-state index contributed by atoms with van der Waals surface area (Å²) in [5.74, 6) is -0.146. The maximum atomic E-state index is 12.8. The first-order valence-corrected chi connectivity index (χ1v) is 10.1. The lowest BCUT2D eigenvalue weighted by Gasteiger charge is -2.28. The largest absolute Gasteiger partial charge is 0.450 e. The molecule has 1 atom stereocenters. The van der Waals surface area contributed by atoms with Crippen LogP contribution in [0.2, 0.25) is 10.0 Å². The van der Waals surface area contributed by atoms with E-state index in [1.807, 2.05) is 6.07 Å². The molecule has 0 saturated heterocycles. The van der Waals surface area contributed by atoms with Crippen molar-refractivity contribution in [3.05, 3.63) is 49.8 Å². The highest BCUT2D eigenvalue weighted by Gasteiger charge is 2.35. The van der Waals surface area contributed by atoms with E-state index in [0.717, 1.165) is 15.4 Å². The molecule has 0 unspecified atom stereocenters. The normalized spacial score (nSPS) is 18.3. The summed E-state index contributed by atoms with van der Waals surface area (Å²) in [5, 5.41) is 7.94. The third kappa shape index (κ3) is 3.24. The Bertz CT molecular complexity index is 931. The molecule has 2 aliphatic rings. The van der Waals surface area contributed by atoms with Gasteiger partial charge >= 0.3 is 6.09 Å². The number of thiophene rings is 1. The van der Waals surface area contributed by atoms with Crippen molar-refractivity contribution in [3.8, 4) is 0 Å². The van der Waals surface area contributed by atoms with Crippen LogP contribution in [0.3, 0.4) is 0 Å². The van der Waals surface area contributed by atoms with Crippen LogP contribution in [0.25, 0.3) is 0 Å². The molecule has 2 aromatic rings. The summed E-state index contributed by atoms with van der Waals surface area (Å²) >= 11 is 13.9. The molecule has 6 nitrogen and oxygen atoms in total. The summed E-state index contributed by atoms with van der Waals surface area (Å²) in [7, 11) is 0. The fourth-order valence-electron chi connectivity index (χ4n) is 3.39. The first-order chi connectivity index (χ1) is 13.0. The van der Waals surface area contributed by atoms with E-state index in [0.29, 0.717) is 47.3 Å². The number of nitrogens with one attached hydrogen (secondary N) is 2. The molecule has 27 heavy (non-hydrogen) atoms. The van der Waals surface area contributed by atoms with Crippen molar-refractivity contribution in [2.75, 3.05) is 18.5 Å². The van der Waals surface area contributed by atoms with E-state index in [9.17, 15) is 9.59 Å². The van der Waals surface area contributed by atoms with Gasteiger partial charge < -0.3 is 20.3 Å². The molecule has 0 aliphatic carbocycles. The van der Waals surface area contributed by atoms with Crippen molar-refractivity contribution in [1.82, 2.24) is 10.2 Å². The van der Waals surface area contributed by atoms with E-state index in [4.69, 9.17) is 27.9 Å². The van der Waals surface area contributed by atoms with Crippen LogP contribution in [0.5, 0.6) is 0 Å². The molecule has 3 heterocycles. The smallest absolute Gasteiger partial charge is 0.410 e. The summed E-state index contributed by atoms with van der Waals surface area (Å²) in [5.41, 5.74) is 2.37. The maximum Gasteiger partial charge on any atom is 0.410 e. The Kier molecular flexibility index (Phi) is 4.92. The van der Waals surface area contributed by atoms with Crippen LogP contribution in [0.1, 0.15) is 39.5 Å². The van der Waals surface area contributed by atoms with Gasteiger partial charge in [-0.15, -0.1) is 11.3 Å². The average molecular weight is 426 g/mol. The van der Waals surface area contributed by atoms with Crippen molar-refractivity contribution in [2.24, 2.45) is 0 Å². The minimum absolute atomic E-state index is 0.146. The molecule has 0 bridgehead atoms. The van der Waals surface area contributed by atoms with Gasteiger partial charge in [0, 0.05) is 17.0 Å². The fourth-order valence-corrected chi connectivity index (χ4v) is 5.09. The number of hydrogen-bond acceptors (Lipinski definition) is 5. The Labute approximate surface area is 170 Å². The second-order valence-corrected chi connectivity index (χ2v) is 8.16. The molecular formula is C18H17Cl2N3O3S. The molecule has 0 spiro atoms. The van der Waals surface area contributed by atoms with Crippen molar-refractivity contribution >= 4 is 51.5 Å². The van der Waals surface area contributed by atoms with E-state index >= 15 is 0 Å². The van der Waals surface area contributed by atoms with Crippen molar-refractivity contribution in [1.29, 1.82) is 0 Å². The summed E-state index contributed by atoms with van der Waals surface area (Å²) < 4.78 is 5.09. The van der Waals surface area contributed by atoms with Gasteiger partial charge in [-0.2, -0.15) is 0 Å². The highest BCUT2D eigenvalue weighted by atomic mass is 35.5. The van der Waals surface area contributed by atoms with E-state index in [-0.39, 0.29) is 12.0 Å². The van der Waals surface area contributed by atoms with Gasteiger partial charge in [0.25, 0.3) is 5.91 Å². The summed E-state index contributed by atoms with van der Waals surface area (Å²) in [6.07, 6.45) is -0.162. The third-order valence-corrected chi connectivity index (χ3v) is 6.63. The number of nitrogens with zero attached hydrogens (tertiary/aromatic N) is 1. The number of hydrogen-bond donors (Lipinski definition) is 2. The third-order valence-electron chi connectivity index (χ3n) is 4.65. The predicted octanol–water partition coefficient (Wildman–Crippen LogP) is 4.42. The zero-order valence-electron chi connectivity index (χ0n) is 14.5. The van der Waals surface area contributed by atoms with Crippen LogP contribution in [0.15, 0.2) is 18.2 Å². The lowest BCUT2D eigenvalue weighted by atomic mass is 10.0. The van der Waals surface area contributed by atoms with Crippen LogP contribution < -0.4 is 10.6 Å². The first-order valence-electron chi connectivity index (χ1n) is 8.57. The van der Waals surface area contributed by atoms with Gasteiger partial charge in [-0.3, -0.25) is 4.79 Å². The molecule has 2 amide bonds. The topological polar surface area (TPSA) is 70.7 Å². The van der Waals surface area contributed by atoms with E-state index in [2.05, 4.69) is 10.6 Å². The zero-order valence-corrected chi connectivity index (χ0v) is 16.8. The molecule has 0 fully saturated rings. The molecule has 4 rings (SSSR count). The molecule has 2 N–H and O–H groups in total. The Balaban J connectivity index is 1.63. The number of anilines is 1. The molecule has 1 aromatic carbocycles. The lowest BCUT2D eigenvalue weighted by Crippen LogP contribution is -2.39. The van der Waals surface area contributed by atoms with Crippen LogP contribution in [0, 0.1) is 0 Å². The predicted molar refractivity (Wildman–Crippen MR) is 106 cm³/mol. The summed E-state index contributed by atoms with van der Waals surface area (Å²) in [6.45, 7) is 3.11. The van der Waals surface area contributed by atoms with Gasteiger partial charge in [0.15, 0.2) is 0 Å². The molecule has 2 aliphatic heterocycles. The Morgan fingerprint density at radius 2 is 2.19 bits per heavy atom. The van der Waals surface area contributed by atoms with Gasteiger partial charge in [-0.1, -0.05) is 35.3 Å². The van der Waals surface area contributed by atoms with Gasteiger partial charge in [0.1, 0.15) is 11.2 Å². The standard InChI is InChI=1S/C18H17Cl2N3O3S/c1-2-26-18(25)23-7-6-9-12(8-23)27-17-13(9)16(24)21-15(22-17)10-4-3-5-11(19)14(10)20/h3-5,15,22H,2,6-8H2,1H3,(H,21,24)/t15-/m0/s1. The van der Waals surface area contributed by atoms with Crippen LogP contribution >= 0.6 is 34.5 Å². The number of fused-ring (bicyclic) bond motifs is 3. The quantitative estimate of drug-likeness (QED) is 0.746. The second kappa shape index (κ2) is 7.22. The maximum absolute atomic E-state index is 12.8. The highest BCUT2D eigenvalue weighted by Crippen LogP contribution is 2.42. The van der Waals surface area contributed by atoms with Crippen molar-refractivity contribution in [2.45, 2.75) is 26.1 Å². The number of rotatable bonds is 2. The number of halogens is 2. The van der Waals surface area contributed by atoms with Gasteiger partial charge in [-0.05, 0) is 25.0 Å². The SMILES string of the molecule is CCOC(=O)N1CCc2c(sc3c2C(=O)N[C@H](c2cccc(Cl)c2Cl)N3)C1. The fraction of sp³-hybridized carbons (Fsp3) is 0.333. The lowest BCUT2D eigenvalue weighted by molar-refractivity contribution is 0.0934. The number of carbonyl (C=O) groups excluding carboxylic acids is 2. The second-order valence-electron chi connectivity index (χ2n) is 6.27. The van der Waals surface area contributed by atoms with Crippen LogP contribution in [0.4, 0.5) is 9.80 Å². The minimum atomic E-state index is -0.461. The average Bonchev–Trinajstić information content (AvgIpc) is 3.02. The van der Waals surface area contributed by atoms with E-state index in [1.54, 1.807) is 24.0 Å². The van der Waals surface area contributed by atoms with Gasteiger partial charge in [0.2, 0.25) is 0 Å². The molecule has 0 radical (unpaired) electrons. The number of ether oxygens (including phenoxy) is 1. The highest BCUT2D eigenvalue weighted by molar-refractivity contribution is 7.16. The zero-order chi connectivity index (χ0) is 19.1. The van der Waals surface area contributed by atoms with Crippen molar-refractivity contribution < 1.29 is 14.3 Å². The van der Waals surface area contributed by atoms with Gasteiger partial charge in [-0.25, -0.2) is 4.79 Å². The Morgan fingerprint density at radius 3 is 2.96 bits per heavy atom. The minimum Gasteiger partial charge on any atom is -0.450 e. The number of carbonyl (C=O) groups is 2. The molecule has 0 saturated carbocycles. The molecule has 1 aromatic heterocycles. The summed E-state index contributed by atoms with van der Waals surface area (Å²) in [6, 6.07) is 5.33. The van der Waals surface area contributed by atoms with E-state index < -0.39 is 6.17 Å². The summed E-state index contributed by atoms with van der Waals surface area (Å²) in [4.78, 5) is 27.5. The number of benzene rings is 1. The first kappa shape index (κ1) is 18.4.